The van der Waals surface area contributed by atoms with E-state index in [4.69, 9.17) is 4.74 Å². The molecule has 4 heterocycles. The molecule has 1 N–H and O–H groups in total. The molecule has 1 atom stereocenters. The Kier molecular flexibility index (Phi) is 6.47. The summed E-state index contributed by atoms with van der Waals surface area (Å²) in [6, 6.07) is -0.202. The van der Waals surface area contributed by atoms with E-state index < -0.39 is 0 Å². The van der Waals surface area contributed by atoms with Crippen molar-refractivity contribution in [3.8, 4) is 0 Å². The topological polar surface area (TPSA) is 101 Å². The fourth-order valence-electron chi connectivity index (χ4n) is 4.07. The second-order valence-electron chi connectivity index (χ2n) is 7.83. The number of hydrogen-bond acceptors (Lipinski definition) is 8. The molecule has 0 radical (unpaired) electrons. The third-order valence-corrected chi connectivity index (χ3v) is 6.96. The Morgan fingerprint density at radius 3 is 2.55 bits per heavy atom. The first-order valence-electron chi connectivity index (χ1n) is 10.7. The van der Waals surface area contributed by atoms with Crippen LogP contribution < -0.4 is 5.32 Å². The average molecular weight is 445 g/mol. The van der Waals surface area contributed by atoms with E-state index in [1.807, 2.05) is 18.7 Å². The van der Waals surface area contributed by atoms with Crippen LogP contribution in [-0.2, 0) is 4.74 Å². The average Bonchev–Trinajstić information content (AvgIpc) is 3.19. The van der Waals surface area contributed by atoms with Crippen LogP contribution in [0.2, 0.25) is 0 Å². The molecule has 9 nitrogen and oxygen atoms in total. The van der Waals surface area contributed by atoms with Gasteiger partial charge in [0.15, 0.2) is 11.0 Å². The van der Waals surface area contributed by atoms with Crippen molar-refractivity contribution in [2.24, 2.45) is 0 Å². The van der Waals surface area contributed by atoms with E-state index in [1.54, 1.807) is 18.1 Å². The van der Waals surface area contributed by atoms with Crippen molar-refractivity contribution < 1.29 is 14.3 Å². The van der Waals surface area contributed by atoms with E-state index in [-0.39, 0.29) is 17.9 Å². The zero-order valence-corrected chi connectivity index (χ0v) is 19.0. The number of ether oxygens (including phenoxy) is 1. The van der Waals surface area contributed by atoms with Crippen molar-refractivity contribution in [2.75, 3.05) is 45.2 Å². The quantitative estimate of drug-likeness (QED) is 0.773. The summed E-state index contributed by atoms with van der Waals surface area (Å²) < 4.78 is 5.33. The lowest BCUT2D eigenvalue weighted by atomic mass is 10.0. The van der Waals surface area contributed by atoms with Gasteiger partial charge in [0.1, 0.15) is 4.88 Å². The van der Waals surface area contributed by atoms with Crippen LogP contribution in [0.25, 0.3) is 0 Å². The zero-order valence-electron chi connectivity index (χ0n) is 18.2. The van der Waals surface area contributed by atoms with Gasteiger partial charge in [0, 0.05) is 32.9 Å². The maximum Gasteiger partial charge on any atom is 0.266 e. The number of amides is 2. The molecule has 10 heteroatoms. The number of rotatable bonds is 4. The molecule has 0 unspecified atom stereocenters. The number of aromatic nitrogens is 3. The number of carbonyl (C=O) groups is 2. The molecule has 2 saturated heterocycles. The predicted molar refractivity (Wildman–Crippen MR) is 118 cm³/mol. The second kappa shape index (κ2) is 9.27. The standard InChI is InChI=1S/C21H28N6O3S/c1-13-15(19(28)26-8-10-30-11-9-26)12-23-18(24-13)16-6-4-5-7-27(16)20(29)17-14(2)25-21(22-3)31-17/h12,16H,4-11H2,1-3H3,(H,22,25)/t16-/m0/s1. The fraction of sp³-hybridized carbons (Fsp3) is 0.571. The number of aryl methyl sites for hydroxylation is 2. The number of anilines is 1. The number of nitrogens with zero attached hydrogens (tertiary/aromatic N) is 5. The predicted octanol–water partition coefficient (Wildman–Crippen LogP) is 2.43. The fourth-order valence-corrected chi connectivity index (χ4v) is 4.94. The third-order valence-electron chi connectivity index (χ3n) is 5.79. The van der Waals surface area contributed by atoms with Gasteiger partial charge in [0.2, 0.25) is 0 Å². The molecule has 4 rings (SSSR count). The summed E-state index contributed by atoms with van der Waals surface area (Å²) in [7, 11) is 1.80. The van der Waals surface area contributed by atoms with Gasteiger partial charge in [-0.3, -0.25) is 9.59 Å². The number of nitrogens with one attached hydrogen (secondary N) is 1. The van der Waals surface area contributed by atoms with E-state index in [9.17, 15) is 9.59 Å². The zero-order chi connectivity index (χ0) is 22.0. The first-order valence-corrected chi connectivity index (χ1v) is 11.5. The highest BCUT2D eigenvalue weighted by atomic mass is 32.1. The Bertz CT molecular complexity index is 972. The Morgan fingerprint density at radius 2 is 1.87 bits per heavy atom. The maximum atomic E-state index is 13.3. The number of likely N-dealkylation sites (tertiary alicyclic amines) is 1. The first-order chi connectivity index (χ1) is 15.0. The van der Waals surface area contributed by atoms with Crippen LogP contribution >= 0.6 is 11.3 Å². The summed E-state index contributed by atoms with van der Waals surface area (Å²) in [5.41, 5.74) is 1.88. The van der Waals surface area contributed by atoms with Crippen LogP contribution in [0.4, 0.5) is 5.13 Å². The summed E-state index contributed by atoms with van der Waals surface area (Å²) in [6.07, 6.45) is 4.38. The molecule has 0 bridgehead atoms. The first kappa shape index (κ1) is 21.6. The molecule has 2 fully saturated rings. The Labute approximate surface area is 185 Å². The van der Waals surface area contributed by atoms with Crippen LogP contribution in [-0.4, -0.2) is 76.5 Å². The van der Waals surface area contributed by atoms with Crippen molar-refractivity contribution in [1.82, 2.24) is 24.8 Å². The van der Waals surface area contributed by atoms with Gasteiger partial charge in [0.05, 0.1) is 36.2 Å². The van der Waals surface area contributed by atoms with Crippen LogP contribution in [0.15, 0.2) is 6.20 Å². The number of morpholine rings is 1. The molecule has 2 aliphatic rings. The van der Waals surface area contributed by atoms with Crippen LogP contribution in [0.5, 0.6) is 0 Å². The van der Waals surface area contributed by atoms with Gasteiger partial charge in [0.25, 0.3) is 11.8 Å². The van der Waals surface area contributed by atoms with Gasteiger partial charge >= 0.3 is 0 Å². The van der Waals surface area contributed by atoms with Crippen LogP contribution in [0.3, 0.4) is 0 Å². The molecular formula is C21H28N6O3S. The van der Waals surface area contributed by atoms with Gasteiger partial charge in [-0.25, -0.2) is 15.0 Å². The monoisotopic (exact) mass is 444 g/mol. The lowest BCUT2D eigenvalue weighted by Gasteiger charge is -2.34. The van der Waals surface area contributed by atoms with E-state index in [0.717, 1.165) is 30.1 Å². The van der Waals surface area contributed by atoms with Gasteiger partial charge in [-0.1, -0.05) is 11.3 Å². The van der Waals surface area contributed by atoms with Crippen molar-refractivity contribution in [3.05, 3.63) is 33.8 Å². The summed E-state index contributed by atoms with van der Waals surface area (Å²) in [5, 5.41) is 3.74. The maximum absolute atomic E-state index is 13.3. The summed E-state index contributed by atoms with van der Waals surface area (Å²) in [4.78, 5) is 44.1. The Morgan fingerprint density at radius 1 is 1.10 bits per heavy atom. The molecule has 0 aliphatic carbocycles. The van der Waals surface area contributed by atoms with Gasteiger partial charge in [-0.05, 0) is 33.1 Å². The number of hydrogen-bond donors (Lipinski definition) is 1. The van der Waals surface area contributed by atoms with Crippen molar-refractivity contribution >= 4 is 28.3 Å². The molecule has 166 valence electrons. The lowest BCUT2D eigenvalue weighted by molar-refractivity contribution is 0.0301. The molecule has 31 heavy (non-hydrogen) atoms. The smallest absolute Gasteiger partial charge is 0.266 e. The molecule has 2 amide bonds. The molecule has 0 aromatic carbocycles. The summed E-state index contributed by atoms with van der Waals surface area (Å²) >= 11 is 1.37. The van der Waals surface area contributed by atoms with Gasteiger partial charge in [-0.2, -0.15) is 0 Å². The van der Waals surface area contributed by atoms with E-state index in [2.05, 4.69) is 20.3 Å². The minimum atomic E-state index is -0.202. The van der Waals surface area contributed by atoms with E-state index >= 15 is 0 Å². The molecule has 2 aromatic rings. The van der Waals surface area contributed by atoms with Gasteiger partial charge < -0.3 is 19.9 Å². The summed E-state index contributed by atoms with van der Waals surface area (Å²) in [6.45, 7) is 6.61. The summed E-state index contributed by atoms with van der Waals surface area (Å²) in [5.74, 6) is 0.500. The van der Waals surface area contributed by atoms with Crippen molar-refractivity contribution in [2.45, 2.75) is 39.2 Å². The Balaban J connectivity index is 1.57. The highest BCUT2D eigenvalue weighted by Crippen LogP contribution is 2.33. The lowest BCUT2D eigenvalue weighted by Crippen LogP contribution is -2.41. The third kappa shape index (κ3) is 4.40. The molecule has 0 saturated carbocycles. The minimum absolute atomic E-state index is 0.0316. The molecule has 2 aliphatic heterocycles. The van der Waals surface area contributed by atoms with E-state index in [1.165, 1.54) is 11.3 Å². The van der Waals surface area contributed by atoms with Gasteiger partial charge in [-0.15, -0.1) is 0 Å². The number of piperidine rings is 1. The minimum Gasteiger partial charge on any atom is -0.378 e. The van der Waals surface area contributed by atoms with Crippen molar-refractivity contribution in [3.63, 3.8) is 0 Å². The number of carbonyl (C=O) groups excluding carboxylic acids is 2. The van der Waals surface area contributed by atoms with E-state index in [0.29, 0.717) is 54.8 Å². The largest absolute Gasteiger partial charge is 0.378 e. The molecule has 0 spiro atoms. The van der Waals surface area contributed by atoms with Crippen LogP contribution in [0.1, 0.15) is 62.5 Å². The second-order valence-corrected chi connectivity index (χ2v) is 8.82. The normalized spacial score (nSPS) is 19.4. The molecular weight excluding hydrogens is 416 g/mol. The highest BCUT2D eigenvalue weighted by molar-refractivity contribution is 7.17. The van der Waals surface area contributed by atoms with Crippen molar-refractivity contribution in [1.29, 1.82) is 0 Å². The van der Waals surface area contributed by atoms with Crippen LogP contribution in [0, 0.1) is 13.8 Å². The molecule has 2 aromatic heterocycles. The Hall–Kier alpha value is -2.59. The SMILES string of the molecule is CNc1nc(C)c(C(=O)N2CCCC[C@H]2c2ncc(C(=O)N3CCOCC3)c(C)n2)s1. The highest BCUT2D eigenvalue weighted by Gasteiger charge is 2.33. The number of thiazole rings is 1.